The second-order valence-corrected chi connectivity index (χ2v) is 5.66. The normalized spacial score (nSPS) is 16.6. The minimum atomic E-state index is -0.364. The summed E-state index contributed by atoms with van der Waals surface area (Å²) in [5.41, 5.74) is 2.63. The lowest BCUT2D eigenvalue weighted by Crippen LogP contribution is -2.32. The highest BCUT2D eigenvalue weighted by Crippen LogP contribution is 2.35. The number of amides is 1. The Labute approximate surface area is 127 Å². The quantitative estimate of drug-likeness (QED) is 0.896. The molecule has 0 bridgehead atoms. The number of rotatable bonds is 2. The summed E-state index contributed by atoms with van der Waals surface area (Å²) in [4.78, 5) is 26.7. The average molecular weight is 303 g/mol. The van der Waals surface area contributed by atoms with Gasteiger partial charge in [-0.05, 0) is 49.1 Å². The molecule has 0 radical (unpaired) electrons. The van der Waals surface area contributed by atoms with E-state index in [-0.39, 0.29) is 23.1 Å². The van der Waals surface area contributed by atoms with E-state index in [1.807, 2.05) is 18.2 Å². The van der Waals surface area contributed by atoms with Crippen molar-refractivity contribution in [2.24, 2.45) is 0 Å². The van der Waals surface area contributed by atoms with Crippen molar-refractivity contribution in [3.8, 4) is 0 Å². The topological polar surface area (TPSA) is 62.0 Å². The van der Waals surface area contributed by atoms with Gasteiger partial charge in [0.2, 0.25) is 0 Å². The highest BCUT2D eigenvalue weighted by atomic mass is 35.5. The lowest BCUT2D eigenvalue weighted by atomic mass is 10.1. The number of aromatic amines is 1. The van der Waals surface area contributed by atoms with Crippen LogP contribution in [0.15, 0.2) is 35.1 Å². The molecule has 1 aliphatic carbocycles. The number of fused-ring (bicyclic) bond motifs is 1. The van der Waals surface area contributed by atoms with E-state index in [0.717, 1.165) is 34.7 Å². The van der Waals surface area contributed by atoms with Crippen molar-refractivity contribution in [1.29, 1.82) is 0 Å². The van der Waals surface area contributed by atoms with Crippen LogP contribution in [0.25, 0.3) is 0 Å². The Balaban J connectivity index is 1.84. The Bertz CT molecular complexity index is 767. The van der Waals surface area contributed by atoms with Gasteiger partial charge in [-0.25, -0.2) is 0 Å². The van der Waals surface area contributed by atoms with Crippen LogP contribution in [-0.2, 0) is 6.42 Å². The molecule has 1 aliphatic rings. The average Bonchev–Trinajstić information content (AvgIpc) is 2.83. The number of carbonyl (C=O) groups is 1. The van der Waals surface area contributed by atoms with Crippen molar-refractivity contribution in [1.82, 2.24) is 10.3 Å². The smallest absolute Gasteiger partial charge is 0.260 e. The van der Waals surface area contributed by atoms with Crippen LogP contribution in [0.5, 0.6) is 0 Å². The first-order valence-corrected chi connectivity index (χ1v) is 7.22. The van der Waals surface area contributed by atoms with Gasteiger partial charge in [-0.15, -0.1) is 0 Å². The third kappa shape index (κ3) is 2.59. The molecule has 4 nitrogen and oxygen atoms in total. The largest absolute Gasteiger partial charge is 0.345 e. The number of aryl methyl sites for hydroxylation is 1. The number of pyridine rings is 1. The fourth-order valence-corrected chi connectivity index (χ4v) is 3.02. The summed E-state index contributed by atoms with van der Waals surface area (Å²) in [6.45, 7) is 1.78. The molecule has 21 heavy (non-hydrogen) atoms. The number of halogens is 1. The summed E-state index contributed by atoms with van der Waals surface area (Å²) < 4.78 is 0. The number of H-pyrrole nitrogens is 1. The van der Waals surface area contributed by atoms with E-state index in [1.54, 1.807) is 19.1 Å². The van der Waals surface area contributed by atoms with Crippen LogP contribution in [0.2, 0.25) is 5.02 Å². The number of hydrogen-bond acceptors (Lipinski definition) is 2. The maximum atomic E-state index is 12.3. The Hall–Kier alpha value is -2.07. The number of benzene rings is 1. The summed E-state index contributed by atoms with van der Waals surface area (Å²) in [7, 11) is 0. The Kier molecular flexibility index (Phi) is 3.55. The van der Waals surface area contributed by atoms with Crippen LogP contribution in [0, 0.1) is 6.92 Å². The van der Waals surface area contributed by atoms with Crippen molar-refractivity contribution in [3.05, 3.63) is 68.1 Å². The molecular formula is C16H15ClN2O2. The van der Waals surface area contributed by atoms with Crippen LogP contribution in [0.3, 0.4) is 0 Å². The molecule has 1 atom stereocenters. The number of aromatic nitrogens is 1. The van der Waals surface area contributed by atoms with E-state index < -0.39 is 0 Å². The third-order valence-electron chi connectivity index (χ3n) is 3.82. The standard InChI is InChI=1S/C16H15ClN2O2/c1-9-5-6-12(15(20)18-9)16(21)19-14-8-7-10-11(14)3-2-4-13(10)17/h2-6,14H,7-8H2,1H3,(H,18,20)(H,19,21). The van der Waals surface area contributed by atoms with Crippen LogP contribution in [0.4, 0.5) is 0 Å². The van der Waals surface area contributed by atoms with Crippen molar-refractivity contribution in [2.45, 2.75) is 25.8 Å². The molecule has 1 unspecified atom stereocenters. The van der Waals surface area contributed by atoms with Crippen molar-refractivity contribution >= 4 is 17.5 Å². The predicted molar refractivity (Wildman–Crippen MR) is 81.8 cm³/mol. The first kappa shape index (κ1) is 13.9. The zero-order valence-corrected chi connectivity index (χ0v) is 12.3. The lowest BCUT2D eigenvalue weighted by molar-refractivity contribution is 0.0935. The minimum absolute atomic E-state index is 0.0908. The minimum Gasteiger partial charge on any atom is -0.345 e. The van der Waals surface area contributed by atoms with E-state index >= 15 is 0 Å². The van der Waals surface area contributed by atoms with Crippen molar-refractivity contribution < 1.29 is 4.79 Å². The van der Waals surface area contributed by atoms with Crippen LogP contribution in [0.1, 0.15) is 39.6 Å². The fraction of sp³-hybridized carbons (Fsp3) is 0.250. The summed E-state index contributed by atoms with van der Waals surface area (Å²) in [5, 5.41) is 3.66. The SMILES string of the molecule is Cc1ccc(C(=O)NC2CCc3c(Cl)cccc32)c(=O)[nH]1. The Morgan fingerprint density at radius 2 is 2.14 bits per heavy atom. The molecule has 0 aliphatic heterocycles. The van der Waals surface area contributed by atoms with Gasteiger partial charge in [0.25, 0.3) is 11.5 Å². The molecule has 2 N–H and O–H groups in total. The van der Waals surface area contributed by atoms with Gasteiger partial charge in [0.15, 0.2) is 0 Å². The Morgan fingerprint density at radius 3 is 2.90 bits per heavy atom. The lowest BCUT2D eigenvalue weighted by Gasteiger charge is -2.14. The summed E-state index contributed by atoms with van der Waals surface area (Å²) in [6, 6.07) is 8.89. The Morgan fingerprint density at radius 1 is 1.33 bits per heavy atom. The van der Waals surface area contributed by atoms with Crippen LogP contribution < -0.4 is 10.9 Å². The van der Waals surface area contributed by atoms with Gasteiger partial charge in [-0.3, -0.25) is 9.59 Å². The highest BCUT2D eigenvalue weighted by Gasteiger charge is 2.26. The monoisotopic (exact) mass is 302 g/mol. The molecule has 1 amide bonds. The summed E-state index contributed by atoms with van der Waals surface area (Å²) in [6.07, 6.45) is 1.64. The van der Waals surface area contributed by atoms with Crippen LogP contribution in [-0.4, -0.2) is 10.9 Å². The van der Waals surface area contributed by atoms with Crippen LogP contribution >= 0.6 is 11.6 Å². The summed E-state index contributed by atoms with van der Waals surface area (Å²) in [5.74, 6) is -0.353. The molecule has 0 saturated heterocycles. The third-order valence-corrected chi connectivity index (χ3v) is 4.17. The number of nitrogens with one attached hydrogen (secondary N) is 2. The molecule has 2 aromatic rings. The molecule has 1 aromatic carbocycles. The van der Waals surface area contributed by atoms with E-state index in [1.165, 1.54) is 0 Å². The molecule has 0 saturated carbocycles. The molecule has 5 heteroatoms. The highest BCUT2D eigenvalue weighted by molar-refractivity contribution is 6.31. The van der Waals surface area contributed by atoms with Crippen molar-refractivity contribution in [3.63, 3.8) is 0 Å². The fourth-order valence-electron chi connectivity index (χ4n) is 2.75. The zero-order chi connectivity index (χ0) is 15.0. The molecule has 1 aromatic heterocycles. The maximum absolute atomic E-state index is 12.3. The maximum Gasteiger partial charge on any atom is 0.260 e. The molecule has 1 heterocycles. The predicted octanol–water partition coefficient (Wildman–Crippen LogP) is 2.75. The van der Waals surface area contributed by atoms with Crippen molar-refractivity contribution in [2.75, 3.05) is 0 Å². The first-order chi connectivity index (χ1) is 10.1. The van der Waals surface area contributed by atoms with Gasteiger partial charge >= 0.3 is 0 Å². The van der Waals surface area contributed by atoms with Gasteiger partial charge in [0.05, 0.1) is 6.04 Å². The second kappa shape index (κ2) is 5.37. The van der Waals surface area contributed by atoms with Gasteiger partial charge in [0, 0.05) is 10.7 Å². The van der Waals surface area contributed by atoms with Gasteiger partial charge in [-0.1, -0.05) is 23.7 Å². The number of carbonyl (C=O) groups excluding carboxylic acids is 1. The summed E-state index contributed by atoms with van der Waals surface area (Å²) >= 11 is 6.16. The zero-order valence-electron chi connectivity index (χ0n) is 11.6. The molecule has 108 valence electrons. The first-order valence-electron chi connectivity index (χ1n) is 6.84. The number of hydrogen-bond donors (Lipinski definition) is 2. The van der Waals surface area contributed by atoms with E-state index in [9.17, 15) is 9.59 Å². The van der Waals surface area contributed by atoms with E-state index in [2.05, 4.69) is 10.3 Å². The van der Waals surface area contributed by atoms with E-state index in [0.29, 0.717) is 0 Å². The molecule has 0 spiro atoms. The van der Waals surface area contributed by atoms with Gasteiger partial charge in [0.1, 0.15) is 5.56 Å². The van der Waals surface area contributed by atoms with Gasteiger partial charge in [-0.2, -0.15) is 0 Å². The van der Waals surface area contributed by atoms with Gasteiger partial charge < -0.3 is 10.3 Å². The molecule has 3 rings (SSSR count). The molecular weight excluding hydrogens is 288 g/mol. The van der Waals surface area contributed by atoms with E-state index in [4.69, 9.17) is 11.6 Å². The second-order valence-electron chi connectivity index (χ2n) is 5.26. The molecule has 0 fully saturated rings.